The van der Waals surface area contributed by atoms with E-state index in [1.165, 1.54) is 6.07 Å². The van der Waals surface area contributed by atoms with Crippen LogP contribution in [0.5, 0.6) is 17.2 Å². The summed E-state index contributed by atoms with van der Waals surface area (Å²) in [6, 6.07) is 3.07. The molecule has 0 spiro atoms. The predicted octanol–water partition coefficient (Wildman–Crippen LogP) is 1.53. The summed E-state index contributed by atoms with van der Waals surface area (Å²) >= 11 is 0. The fraction of sp³-hybridized carbons (Fsp3) is 0.364. The number of carboxylic acids is 1. The number of phenolic OH excluding ortho intramolecular Hbond substituents is 1. The Kier molecular flexibility index (Phi) is 2.85. The van der Waals surface area contributed by atoms with Crippen molar-refractivity contribution in [3.8, 4) is 17.2 Å². The van der Waals surface area contributed by atoms with E-state index in [-0.39, 0.29) is 19.0 Å². The highest BCUT2D eigenvalue weighted by Crippen LogP contribution is 2.39. The lowest BCUT2D eigenvalue weighted by Gasteiger charge is -2.05. The zero-order valence-electron chi connectivity index (χ0n) is 8.60. The van der Waals surface area contributed by atoms with Gasteiger partial charge in [0.05, 0.1) is 0 Å². The second-order valence-corrected chi connectivity index (χ2v) is 3.59. The van der Waals surface area contributed by atoms with Gasteiger partial charge in [-0.1, -0.05) is 0 Å². The van der Waals surface area contributed by atoms with Gasteiger partial charge in [-0.3, -0.25) is 4.79 Å². The lowest BCUT2D eigenvalue weighted by atomic mass is 10.1. The lowest BCUT2D eigenvalue weighted by Crippen LogP contribution is -1.97. The molecular weight excluding hydrogens is 212 g/mol. The number of rotatable bonds is 4. The molecule has 1 aliphatic heterocycles. The summed E-state index contributed by atoms with van der Waals surface area (Å²) in [7, 11) is 0. The van der Waals surface area contributed by atoms with E-state index in [1.807, 2.05) is 0 Å². The van der Waals surface area contributed by atoms with Crippen molar-refractivity contribution in [2.24, 2.45) is 0 Å². The molecule has 5 heteroatoms. The van der Waals surface area contributed by atoms with Gasteiger partial charge in [-0.05, 0) is 18.9 Å². The Labute approximate surface area is 92.2 Å². The number of aryl methyl sites for hydroxylation is 1. The molecule has 5 nitrogen and oxygen atoms in total. The lowest BCUT2D eigenvalue weighted by molar-refractivity contribution is -0.137. The molecule has 1 aromatic rings. The van der Waals surface area contributed by atoms with Gasteiger partial charge in [0.15, 0.2) is 11.5 Å². The zero-order valence-corrected chi connectivity index (χ0v) is 8.60. The van der Waals surface area contributed by atoms with Crippen LogP contribution in [0, 0.1) is 0 Å². The van der Waals surface area contributed by atoms with E-state index < -0.39 is 5.97 Å². The molecule has 0 amide bonds. The van der Waals surface area contributed by atoms with E-state index in [9.17, 15) is 9.90 Å². The monoisotopic (exact) mass is 224 g/mol. The number of fused-ring (bicyclic) bond motifs is 1. The third kappa shape index (κ3) is 2.18. The van der Waals surface area contributed by atoms with E-state index in [2.05, 4.69) is 0 Å². The highest BCUT2D eigenvalue weighted by molar-refractivity contribution is 5.66. The summed E-state index contributed by atoms with van der Waals surface area (Å²) in [5, 5.41) is 18.0. The van der Waals surface area contributed by atoms with E-state index in [1.54, 1.807) is 6.07 Å². The Balaban J connectivity index is 2.11. The van der Waals surface area contributed by atoms with Crippen molar-refractivity contribution in [3.05, 3.63) is 17.7 Å². The fourth-order valence-corrected chi connectivity index (χ4v) is 1.68. The van der Waals surface area contributed by atoms with Gasteiger partial charge in [-0.25, -0.2) is 0 Å². The molecule has 0 unspecified atom stereocenters. The molecule has 0 fully saturated rings. The number of hydrogen-bond donors (Lipinski definition) is 2. The van der Waals surface area contributed by atoms with Crippen LogP contribution in [0.25, 0.3) is 0 Å². The maximum atomic E-state index is 10.4. The van der Waals surface area contributed by atoms with E-state index in [0.717, 1.165) is 5.56 Å². The first-order valence-corrected chi connectivity index (χ1v) is 5.00. The number of phenols is 1. The minimum absolute atomic E-state index is 0.102. The number of aliphatic carboxylic acids is 1. The molecule has 0 saturated carbocycles. The van der Waals surface area contributed by atoms with Crippen LogP contribution in [0.4, 0.5) is 0 Å². The topological polar surface area (TPSA) is 76.0 Å². The Morgan fingerprint density at radius 1 is 1.38 bits per heavy atom. The van der Waals surface area contributed by atoms with Crippen LogP contribution in [0.1, 0.15) is 18.4 Å². The van der Waals surface area contributed by atoms with E-state index >= 15 is 0 Å². The normalized spacial score (nSPS) is 12.8. The van der Waals surface area contributed by atoms with Gasteiger partial charge >= 0.3 is 5.97 Å². The first-order valence-electron chi connectivity index (χ1n) is 5.00. The van der Waals surface area contributed by atoms with Crippen LogP contribution in [0.3, 0.4) is 0 Å². The Morgan fingerprint density at radius 2 is 2.19 bits per heavy atom. The van der Waals surface area contributed by atoms with Crippen LogP contribution in [0.15, 0.2) is 12.1 Å². The summed E-state index contributed by atoms with van der Waals surface area (Å²) in [6.07, 6.45) is 1.16. The third-order valence-corrected chi connectivity index (χ3v) is 2.37. The van der Waals surface area contributed by atoms with Crippen molar-refractivity contribution in [2.45, 2.75) is 19.3 Å². The first kappa shape index (κ1) is 10.6. The minimum atomic E-state index is -0.825. The van der Waals surface area contributed by atoms with Crippen LogP contribution in [0.2, 0.25) is 0 Å². The summed E-state index contributed by atoms with van der Waals surface area (Å²) in [4.78, 5) is 10.4. The number of benzene rings is 1. The van der Waals surface area contributed by atoms with Crippen molar-refractivity contribution < 1.29 is 24.5 Å². The second-order valence-electron chi connectivity index (χ2n) is 3.59. The highest BCUT2D eigenvalue weighted by Gasteiger charge is 2.19. The van der Waals surface area contributed by atoms with Crippen molar-refractivity contribution in [1.82, 2.24) is 0 Å². The van der Waals surface area contributed by atoms with Crippen molar-refractivity contribution in [1.29, 1.82) is 0 Å². The van der Waals surface area contributed by atoms with Crippen molar-refractivity contribution in [3.63, 3.8) is 0 Å². The van der Waals surface area contributed by atoms with Crippen molar-refractivity contribution >= 4 is 5.97 Å². The molecule has 0 aliphatic carbocycles. The molecule has 0 bridgehead atoms. The Bertz CT molecular complexity index is 413. The molecular formula is C11H12O5. The summed E-state index contributed by atoms with van der Waals surface area (Å²) in [6.45, 7) is 0.144. The average Bonchev–Trinajstić information content (AvgIpc) is 2.64. The number of ether oxygens (including phenoxy) is 2. The van der Waals surface area contributed by atoms with Gasteiger partial charge in [0, 0.05) is 18.1 Å². The summed E-state index contributed by atoms with van der Waals surface area (Å²) in [5.41, 5.74) is 0.786. The van der Waals surface area contributed by atoms with Crippen LogP contribution in [-0.4, -0.2) is 23.0 Å². The highest BCUT2D eigenvalue weighted by atomic mass is 16.7. The molecule has 0 radical (unpaired) electrons. The fourth-order valence-electron chi connectivity index (χ4n) is 1.68. The van der Waals surface area contributed by atoms with Crippen LogP contribution in [-0.2, 0) is 11.2 Å². The molecule has 16 heavy (non-hydrogen) atoms. The van der Waals surface area contributed by atoms with Gasteiger partial charge < -0.3 is 19.7 Å². The number of carboxylic acid groups (broad SMARTS) is 1. The van der Waals surface area contributed by atoms with Crippen LogP contribution >= 0.6 is 0 Å². The Hall–Kier alpha value is -1.91. The molecule has 2 rings (SSSR count). The summed E-state index contributed by atoms with van der Waals surface area (Å²) in [5.74, 6) is 0.414. The molecule has 0 atom stereocenters. The van der Waals surface area contributed by atoms with Gasteiger partial charge in [0.2, 0.25) is 6.79 Å². The quantitative estimate of drug-likeness (QED) is 0.811. The predicted molar refractivity (Wildman–Crippen MR) is 54.8 cm³/mol. The van der Waals surface area contributed by atoms with Gasteiger partial charge in [0.25, 0.3) is 0 Å². The SMILES string of the molecule is O=C(O)CCCc1cc(O)cc2c1OCO2. The number of hydrogen-bond acceptors (Lipinski definition) is 4. The van der Waals surface area contributed by atoms with Gasteiger partial charge in [-0.2, -0.15) is 0 Å². The molecule has 1 heterocycles. The van der Waals surface area contributed by atoms with Gasteiger partial charge in [-0.15, -0.1) is 0 Å². The van der Waals surface area contributed by atoms with Gasteiger partial charge in [0.1, 0.15) is 5.75 Å². The average molecular weight is 224 g/mol. The second kappa shape index (κ2) is 4.30. The van der Waals surface area contributed by atoms with E-state index in [0.29, 0.717) is 24.3 Å². The molecule has 86 valence electrons. The maximum absolute atomic E-state index is 10.4. The molecule has 1 aromatic carbocycles. The number of carbonyl (C=O) groups is 1. The Morgan fingerprint density at radius 3 is 2.94 bits per heavy atom. The smallest absolute Gasteiger partial charge is 0.303 e. The number of aromatic hydroxyl groups is 1. The molecule has 2 N–H and O–H groups in total. The maximum Gasteiger partial charge on any atom is 0.303 e. The largest absolute Gasteiger partial charge is 0.508 e. The zero-order chi connectivity index (χ0) is 11.5. The third-order valence-electron chi connectivity index (χ3n) is 2.37. The summed E-state index contributed by atoms with van der Waals surface area (Å²) < 4.78 is 10.4. The first-order chi connectivity index (χ1) is 7.66. The van der Waals surface area contributed by atoms with Crippen molar-refractivity contribution in [2.75, 3.05) is 6.79 Å². The molecule has 0 aromatic heterocycles. The van der Waals surface area contributed by atoms with Crippen LogP contribution < -0.4 is 9.47 Å². The minimum Gasteiger partial charge on any atom is -0.508 e. The molecule has 1 aliphatic rings. The molecule has 0 saturated heterocycles. The van der Waals surface area contributed by atoms with E-state index in [4.69, 9.17) is 14.6 Å². The standard InChI is InChI=1S/C11H12O5/c12-8-4-7(2-1-3-10(13)14)11-9(5-8)15-6-16-11/h4-5,12H,1-3,6H2,(H,13,14).